The zero-order valence-electron chi connectivity index (χ0n) is 14.5. The number of aliphatic hydroxyl groups is 1. The summed E-state index contributed by atoms with van der Waals surface area (Å²) in [5, 5.41) is 9.90. The Bertz CT molecular complexity index is 892. The maximum atomic E-state index is 14.7. The molecule has 0 bridgehead atoms. The SMILES string of the molecule is COC(=O)c1ccc(Cl)cc1[C@H]1SC(O)[C@@H](F)[C@@H]1OC(=O)c1ccc(Cl)cc1. The average molecular weight is 445 g/mol. The first-order valence-corrected chi connectivity index (χ1v) is 9.83. The van der Waals surface area contributed by atoms with Crippen molar-refractivity contribution in [1.29, 1.82) is 0 Å². The van der Waals surface area contributed by atoms with Crippen LogP contribution in [0.1, 0.15) is 31.5 Å². The third-order valence-electron chi connectivity index (χ3n) is 4.22. The van der Waals surface area contributed by atoms with Gasteiger partial charge in [-0.1, -0.05) is 23.2 Å². The van der Waals surface area contributed by atoms with E-state index >= 15 is 0 Å². The van der Waals surface area contributed by atoms with Gasteiger partial charge >= 0.3 is 11.9 Å². The molecule has 9 heteroatoms. The normalized spacial score (nSPS) is 24.0. The first kappa shape index (κ1) is 20.9. The number of hydrogen-bond acceptors (Lipinski definition) is 6. The standard InChI is InChI=1S/C19H15Cl2FO5S/c1-26-18(24)12-7-6-11(21)8-13(12)16-15(14(22)19(25)28-16)27-17(23)9-2-4-10(20)5-3-9/h2-8,14-16,19,25H,1H3/t14-,15-,16+,19?/m0/s1. The van der Waals surface area contributed by atoms with E-state index in [1.165, 1.54) is 49.6 Å². The molecule has 0 aromatic heterocycles. The zero-order valence-corrected chi connectivity index (χ0v) is 16.8. The molecule has 28 heavy (non-hydrogen) atoms. The highest BCUT2D eigenvalue weighted by molar-refractivity contribution is 8.00. The van der Waals surface area contributed by atoms with Crippen LogP contribution in [0.4, 0.5) is 4.39 Å². The highest BCUT2D eigenvalue weighted by Crippen LogP contribution is 2.48. The number of carbonyl (C=O) groups excluding carboxylic acids is 2. The number of aliphatic hydroxyl groups excluding tert-OH is 1. The predicted molar refractivity (Wildman–Crippen MR) is 105 cm³/mol. The van der Waals surface area contributed by atoms with Gasteiger partial charge in [-0.15, -0.1) is 11.8 Å². The second-order valence-corrected chi connectivity index (χ2v) is 8.13. The molecule has 4 atom stereocenters. The Kier molecular flexibility index (Phi) is 6.50. The van der Waals surface area contributed by atoms with Gasteiger partial charge in [0.15, 0.2) is 12.3 Å². The Morgan fingerprint density at radius 3 is 2.36 bits per heavy atom. The van der Waals surface area contributed by atoms with Crippen molar-refractivity contribution in [1.82, 2.24) is 0 Å². The van der Waals surface area contributed by atoms with Gasteiger partial charge in [0.05, 0.1) is 23.5 Å². The smallest absolute Gasteiger partial charge is 0.338 e. The van der Waals surface area contributed by atoms with Crippen LogP contribution in [-0.4, -0.2) is 41.9 Å². The number of carbonyl (C=O) groups is 2. The minimum absolute atomic E-state index is 0.151. The summed E-state index contributed by atoms with van der Waals surface area (Å²) in [7, 11) is 1.22. The number of rotatable bonds is 4. The Morgan fingerprint density at radius 1 is 1.07 bits per heavy atom. The molecule has 1 aliphatic heterocycles. The molecule has 1 aliphatic rings. The van der Waals surface area contributed by atoms with Crippen LogP contribution in [0.3, 0.4) is 0 Å². The summed E-state index contributed by atoms with van der Waals surface area (Å²) in [6.45, 7) is 0. The third-order valence-corrected chi connectivity index (χ3v) is 6.06. The van der Waals surface area contributed by atoms with Gasteiger partial charge < -0.3 is 14.6 Å². The third kappa shape index (κ3) is 4.27. The molecule has 1 saturated heterocycles. The van der Waals surface area contributed by atoms with Gasteiger partial charge in [0.25, 0.3) is 0 Å². The number of benzene rings is 2. The summed E-state index contributed by atoms with van der Waals surface area (Å²) in [4.78, 5) is 24.5. The van der Waals surface area contributed by atoms with Crippen molar-refractivity contribution in [3.05, 3.63) is 69.2 Å². The molecular weight excluding hydrogens is 430 g/mol. The van der Waals surface area contributed by atoms with Crippen molar-refractivity contribution in [3.8, 4) is 0 Å². The molecule has 1 heterocycles. The summed E-state index contributed by atoms with van der Waals surface area (Å²) in [6, 6.07) is 10.3. The van der Waals surface area contributed by atoms with Crippen molar-refractivity contribution in [2.75, 3.05) is 7.11 Å². The van der Waals surface area contributed by atoms with Crippen LogP contribution >= 0.6 is 35.0 Å². The fourth-order valence-corrected chi connectivity index (χ4v) is 4.47. The highest BCUT2D eigenvalue weighted by Gasteiger charge is 2.48. The molecular formula is C19H15Cl2FO5S. The monoisotopic (exact) mass is 444 g/mol. The maximum Gasteiger partial charge on any atom is 0.338 e. The quantitative estimate of drug-likeness (QED) is 0.702. The fraction of sp³-hybridized carbons (Fsp3) is 0.263. The second kappa shape index (κ2) is 8.69. The molecule has 148 valence electrons. The van der Waals surface area contributed by atoms with Crippen LogP contribution in [0.5, 0.6) is 0 Å². The van der Waals surface area contributed by atoms with Gasteiger partial charge in [-0.2, -0.15) is 0 Å². The Labute approximate surface area is 174 Å². The van der Waals surface area contributed by atoms with E-state index in [2.05, 4.69) is 0 Å². The summed E-state index contributed by atoms with van der Waals surface area (Å²) in [5.74, 6) is -1.42. The van der Waals surface area contributed by atoms with Crippen molar-refractivity contribution in [3.63, 3.8) is 0 Å². The topological polar surface area (TPSA) is 72.8 Å². The van der Waals surface area contributed by atoms with Crippen LogP contribution in [0.25, 0.3) is 0 Å². The Morgan fingerprint density at radius 2 is 1.71 bits per heavy atom. The first-order chi connectivity index (χ1) is 13.3. The van der Waals surface area contributed by atoms with E-state index in [-0.39, 0.29) is 11.1 Å². The molecule has 5 nitrogen and oxygen atoms in total. The molecule has 0 amide bonds. The van der Waals surface area contributed by atoms with E-state index in [1.807, 2.05) is 0 Å². The van der Waals surface area contributed by atoms with E-state index in [4.69, 9.17) is 32.7 Å². The number of esters is 2. The molecule has 0 aliphatic carbocycles. The number of alkyl halides is 1. The van der Waals surface area contributed by atoms with Crippen LogP contribution in [-0.2, 0) is 9.47 Å². The maximum absolute atomic E-state index is 14.7. The van der Waals surface area contributed by atoms with Gasteiger partial charge in [0, 0.05) is 10.0 Å². The lowest BCUT2D eigenvalue weighted by molar-refractivity contribution is -0.00497. The van der Waals surface area contributed by atoms with Crippen LogP contribution < -0.4 is 0 Å². The predicted octanol–water partition coefficient (Wildman–Crippen LogP) is 4.45. The van der Waals surface area contributed by atoms with Gasteiger partial charge in [-0.3, -0.25) is 0 Å². The van der Waals surface area contributed by atoms with Gasteiger partial charge in [0.1, 0.15) is 5.44 Å². The molecule has 3 rings (SSSR count). The van der Waals surface area contributed by atoms with Crippen LogP contribution in [0.15, 0.2) is 42.5 Å². The Balaban J connectivity index is 1.94. The minimum Gasteiger partial charge on any atom is -0.465 e. The second-order valence-electron chi connectivity index (χ2n) is 5.99. The highest BCUT2D eigenvalue weighted by atomic mass is 35.5. The number of halogens is 3. The van der Waals surface area contributed by atoms with Gasteiger partial charge in [0.2, 0.25) is 0 Å². The molecule has 2 aromatic rings. The van der Waals surface area contributed by atoms with Crippen LogP contribution in [0.2, 0.25) is 10.0 Å². The molecule has 2 aromatic carbocycles. The van der Waals surface area contributed by atoms with E-state index < -0.39 is 34.9 Å². The Hall–Kier alpha value is -1.80. The lowest BCUT2D eigenvalue weighted by Gasteiger charge is -2.22. The number of ether oxygens (including phenoxy) is 2. The van der Waals surface area contributed by atoms with E-state index in [9.17, 15) is 19.1 Å². The summed E-state index contributed by atoms with van der Waals surface area (Å²) < 4.78 is 24.8. The number of methoxy groups -OCH3 is 1. The van der Waals surface area contributed by atoms with Crippen molar-refractivity contribution in [2.45, 2.75) is 23.0 Å². The van der Waals surface area contributed by atoms with Gasteiger partial charge in [-0.25, -0.2) is 14.0 Å². The fourth-order valence-electron chi connectivity index (χ4n) is 2.85. The molecule has 0 saturated carbocycles. The molecule has 0 radical (unpaired) electrons. The molecule has 1 fully saturated rings. The van der Waals surface area contributed by atoms with E-state index in [0.29, 0.717) is 15.6 Å². The van der Waals surface area contributed by atoms with Crippen molar-refractivity contribution < 1.29 is 28.6 Å². The van der Waals surface area contributed by atoms with Crippen LogP contribution in [0, 0.1) is 0 Å². The summed E-state index contributed by atoms with van der Waals surface area (Å²) in [6.07, 6.45) is -3.18. The lowest BCUT2D eigenvalue weighted by Crippen LogP contribution is -2.32. The average Bonchev–Trinajstić information content (AvgIpc) is 2.96. The number of hydrogen-bond donors (Lipinski definition) is 1. The largest absolute Gasteiger partial charge is 0.465 e. The summed E-state index contributed by atoms with van der Waals surface area (Å²) >= 11 is 12.7. The molecule has 1 N–H and O–H groups in total. The lowest BCUT2D eigenvalue weighted by atomic mass is 9.99. The van der Waals surface area contributed by atoms with Crippen molar-refractivity contribution in [2.24, 2.45) is 0 Å². The molecule has 1 unspecified atom stereocenters. The van der Waals surface area contributed by atoms with E-state index in [0.717, 1.165) is 11.8 Å². The minimum atomic E-state index is -1.85. The zero-order chi connectivity index (χ0) is 20.4. The van der Waals surface area contributed by atoms with Gasteiger partial charge in [-0.05, 0) is 48.0 Å². The number of thioether (sulfide) groups is 1. The molecule has 0 spiro atoms. The van der Waals surface area contributed by atoms with E-state index in [1.54, 1.807) is 0 Å². The van der Waals surface area contributed by atoms with Crippen molar-refractivity contribution >= 4 is 46.9 Å². The summed E-state index contributed by atoms with van der Waals surface area (Å²) in [5.41, 5.74) is -0.783. The first-order valence-electron chi connectivity index (χ1n) is 8.13.